The molecule has 1 rings (SSSR count). The number of nitrogens with one attached hydrogen (secondary N) is 1. The van der Waals surface area contributed by atoms with Gasteiger partial charge >= 0.3 is 0 Å². The molecule has 3 heteroatoms. The van der Waals surface area contributed by atoms with Crippen LogP contribution < -0.4 is 5.64 Å². The van der Waals surface area contributed by atoms with Crippen LogP contribution in [0.3, 0.4) is 0 Å². The summed E-state index contributed by atoms with van der Waals surface area (Å²) >= 11 is 0. The van der Waals surface area contributed by atoms with Crippen molar-refractivity contribution in [1.29, 1.82) is 0 Å². The van der Waals surface area contributed by atoms with Crippen molar-refractivity contribution in [3.63, 3.8) is 0 Å². The van der Waals surface area contributed by atoms with Gasteiger partial charge < -0.3 is 0 Å². The number of hydrogen-bond acceptors (Lipinski definition) is 3. The normalized spacial score (nSPS) is 22.4. The lowest BCUT2D eigenvalue weighted by molar-refractivity contribution is -0.172. The third-order valence-corrected chi connectivity index (χ3v) is 5.46. The Morgan fingerprint density at radius 3 is 1.86 bits per heavy atom. The lowest BCUT2D eigenvalue weighted by Crippen LogP contribution is -2.29. The Labute approximate surface area is 138 Å². The standard InChI is InChI=1S/C19H39NO2/c1-3-5-7-9-11-17(12-10-8-6-4-2)18-13-15-19(16-14-18)22-20-21/h17-21H,3-16H2,1-2H3. The van der Waals surface area contributed by atoms with Crippen LogP contribution in [-0.2, 0) is 4.84 Å². The van der Waals surface area contributed by atoms with Gasteiger partial charge in [0.2, 0.25) is 0 Å². The Kier molecular flexibility index (Phi) is 12.1. The first-order chi connectivity index (χ1) is 10.8. The first-order valence-corrected chi connectivity index (χ1v) is 9.86. The van der Waals surface area contributed by atoms with Gasteiger partial charge in [-0.3, -0.25) is 10.0 Å². The predicted octanol–water partition coefficient (Wildman–Crippen LogP) is 6.01. The maximum atomic E-state index is 8.65. The zero-order valence-corrected chi connectivity index (χ0v) is 15.0. The van der Waals surface area contributed by atoms with E-state index in [4.69, 9.17) is 10.0 Å². The fourth-order valence-electron chi connectivity index (χ4n) is 4.03. The highest BCUT2D eigenvalue weighted by Gasteiger charge is 2.27. The van der Waals surface area contributed by atoms with Gasteiger partial charge in [0.15, 0.2) is 0 Å². The molecule has 0 aromatic rings. The van der Waals surface area contributed by atoms with Crippen molar-refractivity contribution >= 4 is 0 Å². The van der Waals surface area contributed by atoms with Gasteiger partial charge in [-0.05, 0) is 37.5 Å². The number of unbranched alkanes of at least 4 members (excludes halogenated alkanes) is 6. The molecule has 0 spiro atoms. The highest BCUT2D eigenvalue weighted by Crippen LogP contribution is 2.36. The van der Waals surface area contributed by atoms with Gasteiger partial charge in [-0.1, -0.05) is 83.7 Å². The van der Waals surface area contributed by atoms with Crippen LogP contribution in [0.1, 0.15) is 104 Å². The minimum atomic E-state index is 0.210. The molecule has 0 bridgehead atoms. The van der Waals surface area contributed by atoms with Crippen LogP contribution in [-0.4, -0.2) is 11.3 Å². The first kappa shape index (κ1) is 19.9. The van der Waals surface area contributed by atoms with Crippen LogP contribution in [0.2, 0.25) is 0 Å². The lowest BCUT2D eigenvalue weighted by Gasteiger charge is -2.33. The zero-order valence-electron chi connectivity index (χ0n) is 15.0. The molecule has 0 radical (unpaired) electrons. The third kappa shape index (κ3) is 8.50. The Morgan fingerprint density at radius 1 is 0.864 bits per heavy atom. The van der Waals surface area contributed by atoms with Crippen LogP contribution in [0.15, 0.2) is 0 Å². The molecular formula is C19H39NO2. The molecule has 3 nitrogen and oxygen atoms in total. The molecule has 1 saturated carbocycles. The van der Waals surface area contributed by atoms with Crippen molar-refractivity contribution < 1.29 is 10.0 Å². The monoisotopic (exact) mass is 313 g/mol. The van der Waals surface area contributed by atoms with Gasteiger partial charge in [0, 0.05) is 0 Å². The molecule has 132 valence electrons. The number of hydrogen-bond donors (Lipinski definition) is 2. The molecule has 1 aliphatic rings. The van der Waals surface area contributed by atoms with E-state index in [1.54, 1.807) is 0 Å². The van der Waals surface area contributed by atoms with E-state index in [9.17, 15) is 0 Å². The molecule has 1 fully saturated rings. The second kappa shape index (κ2) is 13.3. The van der Waals surface area contributed by atoms with E-state index in [1.807, 2.05) is 5.64 Å². The Bertz CT molecular complexity index is 228. The van der Waals surface area contributed by atoms with E-state index in [-0.39, 0.29) is 6.10 Å². The summed E-state index contributed by atoms with van der Waals surface area (Å²) in [6.45, 7) is 4.58. The maximum Gasteiger partial charge on any atom is 0.0817 e. The summed E-state index contributed by atoms with van der Waals surface area (Å²) in [7, 11) is 0. The smallest absolute Gasteiger partial charge is 0.0817 e. The maximum absolute atomic E-state index is 8.65. The molecule has 0 aromatic carbocycles. The Morgan fingerprint density at radius 2 is 1.41 bits per heavy atom. The van der Waals surface area contributed by atoms with Crippen LogP contribution >= 0.6 is 0 Å². The molecule has 0 unspecified atom stereocenters. The average Bonchev–Trinajstić information content (AvgIpc) is 2.55. The van der Waals surface area contributed by atoms with E-state index in [1.165, 1.54) is 77.0 Å². The summed E-state index contributed by atoms with van der Waals surface area (Å²) in [6.07, 6.45) is 18.9. The molecule has 0 amide bonds. The summed E-state index contributed by atoms with van der Waals surface area (Å²) in [5.74, 6) is 1.82. The largest absolute Gasteiger partial charge is 0.292 e. The van der Waals surface area contributed by atoms with Gasteiger partial charge in [-0.2, -0.15) is 0 Å². The van der Waals surface area contributed by atoms with Crippen molar-refractivity contribution in [1.82, 2.24) is 5.64 Å². The molecule has 0 atom stereocenters. The summed E-state index contributed by atoms with van der Waals surface area (Å²) < 4.78 is 0. The van der Waals surface area contributed by atoms with Crippen molar-refractivity contribution in [2.24, 2.45) is 11.8 Å². The molecule has 22 heavy (non-hydrogen) atoms. The molecular weight excluding hydrogens is 274 g/mol. The molecule has 0 heterocycles. The topological polar surface area (TPSA) is 41.5 Å². The van der Waals surface area contributed by atoms with E-state index >= 15 is 0 Å². The van der Waals surface area contributed by atoms with E-state index in [2.05, 4.69) is 13.8 Å². The molecule has 0 saturated heterocycles. The summed E-state index contributed by atoms with van der Waals surface area (Å²) in [6, 6.07) is 0. The molecule has 0 aromatic heterocycles. The average molecular weight is 314 g/mol. The van der Waals surface area contributed by atoms with E-state index < -0.39 is 0 Å². The van der Waals surface area contributed by atoms with Gasteiger partial charge in [-0.15, -0.1) is 0 Å². The fourth-order valence-corrected chi connectivity index (χ4v) is 4.03. The molecule has 2 N–H and O–H groups in total. The van der Waals surface area contributed by atoms with Gasteiger partial charge in [0.05, 0.1) is 6.10 Å². The number of rotatable bonds is 13. The second-order valence-corrected chi connectivity index (χ2v) is 7.20. The summed E-state index contributed by atoms with van der Waals surface area (Å²) in [4.78, 5) is 5.14. The van der Waals surface area contributed by atoms with Crippen molar-refractivity contribution in [3.8, 4) is 0 Å². The van der Waals surface area contributed by atoms with Gasteiger partial charge in [0.1, 0.15) is 0 Å². The highest BCUT2D eigenvalue weighted by atomic mass is 16.8. The quantitative estimate of drug-likeness (QED) is 0.323. The third-order valence-electron chi connectivity index (χ3n) is 5.46. The van der Waals surface area contributed by atoms with Crippen LogP contribution in [0.4, 0.5) is 0 Å². The zero-order chi connectivity index (χ0) is 16.0. The van der Waals surface area contributed by atoms with Crippen LogP contribution in [0.25, 0.3) is 0 Å². The highest BCUT2D eigenvalue weighted by molar-refractivity contribution is 4.78. The van der Waals surface area contributed by atoms with Crippen molar-refractivity contribution in [2.75, 3.05) is 0 Å². The Hall–Kier alpha value is -0.120. The molecule has 0 aliphatic heterocycles. The molecule has 1 aliphatic carbocycles. The van der Waals surface area contributed by atoms with Crippen molar-refractivity contribution in [3.05, 3.63) is 0 Å². The second-order valence-electron chi connectivity index (χ2n) is 7.20. The lowest BCUT2D eigenvalue weighted by atomic mass is 9.75. The van der Waals surface area contributed by atoms with Gasteiger partial charge in [0.25, 0.3) is 0 Å². The Balaban J connectivity index is 2.32. The fraction of sp³-hybridized carbons (Fsp3) is 1.00. The van der Waals surface area contributed by atoms with Crippen LogP contribution in [0.5, 0.6) is 0 Å². The van der Waals surface area contributed by atoms with E-state index in [0.29, 0.717) is 0 Å². The van der Waals surface area contributed by atoms with Crippen molar-refractivity contribution in [2.45, 2.75) is 110 Å². The van der Waals surface area contributed by atoms with Gasteiger partial charge in [-0.25, -0.2) is 0 Å². The van der Waals surface area contributed by atoms with E-state index in [0.717, 1.165) is 24.7 Å². The predicted molar refractivity (Wildman–Crippen MR) is 92.8 cm³/mol. The minimum Gasteiger partial charge on any atom is -0.292 e. The summed E-state index contributed by atoms with van der Waals surface area (Å²) in [5.41, 5.74) is 1.88. The first-order valence-electron chi connectivity index (χ1n) is 9.86. The summed E-state index contributed by atoms with van der Waals surface area (Å²) in [5, 5.41) is 8.65. The SMILES string of the molecule is CCCCCCC(CCCCCC)C1CCC(ONO)CC1. The minimum absolute atomic E-state index is 0.210. The van der Waals surface area contributed by atoms with Crippen LogP contribution in [0, 0.1) is 11.8 Å².